The minimum Gasteiger partial charge on any atom is -0.337 e. The van der Waals surface area contributed by atoms with Crippen LogP contribution in [-0.4, -0.2) is 58.8 Å². The maximum Gasteiger partial charge on any atom is 0.240 e. The Balaban J connectivity index is 1.28. The van der Waals surface area contributed by atoms with Crippen LogP contribution in [0.1, 0.15) is 49.1 Å². The maximum atomic E-state index is 12.4. The standard InChI is InChI=1S/C18H26N4O2S/c23-16(20-18-19-14-7-3-4-8-15(14)25-18)11-21-9-10-22(17(24)12-21)13-5-1-2-6-13/h13H,1-12H2,(H,19,20,23). The number of hydrogen-bond donors (Lipinski definition) is 1. The first kappa shape index (κ1) is 17.0. The van der Waals surface area contributed by atoms with Gasteiger partial charge in [-0.25, -0.2) is 4.98 Å². The van der Waals surface area contributed by atoms with Gasteiger partial charge in [-0.05, 0) is 38.5 Å². The van der Waals surface area contributed by atoms with Gasteiger partial charge in [0.25, 0.3) is 0 Å². The maximum absolute atomic E-state index is 12.4. The van der Waals surface area contributed by atoms with Crippen molar-refractivity contribution in [1.82, 2.24) is 14.8 Å². The Labute approximate surface area is 152 Å². The van der Waals surface area contributed by atoms with Crippen LogP contribution in [0.3, 0.4) is 0 Å². The number of carbonyl (C=O) groups is 2. The van der Waals surface area contributed by atoms with E-state index in [0.717, 1.165) is 44.5 Å². The predicted molar refractivity (Wildman–Crippen MR) is 97.8 cm³/mol. The number of thiazole rings is 1. The molecule has 1 aromatic rings. The topological polar surface area (TPSA) is 65.5 Å². The van der Waals surface area contributed by atoms with Gasteiger partial charge in [0, 0.05) is 24.0 Å². The van der Waals surface area contributed by atoms with Crippen molar-refractivity contribution in [2.75, 3.05) is 31.5 Å². The van der Waals surface area contributed by atoms with E-state index in [1.54, 1.807) is 11.3 Å². The lowest BCUT2D eigenvalue weighted by Crippen LogP contribution is -2.54. The molecular weight excluding hydrogens is 336 g/mol. The van der Waals surface area contributed by atoms with Crippen molar-refractivity contribution in [3.63, 3.8) is 0 Å². The summed E-state index contributed by atoms with van der Waals surface area (Å²) in [7, 11) is 0. The molecule has 1 aromatic heterocycles. The molecule has 7 heteroatoms. The van der Waals surface area contributed by atoms with E-state index < -0.39 is 0 Å². The molecule has 1 aliphatic heterocycles. The number of rotatable bonds is 4. The summed E-state index contributed by atoms with van der Waals surface area (Å²) in [5.74, 6) is 0.115. The molecule has 2 aliphatic carbocycles. The fourth-order valence-corrected chi connectivity index (χ4v) is 5.31. The number of aromatic nitrogens is 1. The zero-order valence-electron chi connectivity index (χ0n) is 14.6. The number of anilines is 1. The molecule has 0 spiro atoms. The van der Waals surface area contributed by atoms with Crippen LogP contribution < -0.4 is 5.32 Å². The highest BCUT2D eigenvalue weighted by molar-refractivity contribution is 7.15. The third kappa shape index (κ3) is 3.87. The predicted octanol–water partition coefficient (Wildman–Crippen LogP) is 2.05. The molecule has 3 aliphatic rings. The highest BCUT2D eigenvalue weighted by Crippen LogP contribution is 2.29. The van der Waals surface area contributed by atoms with Gasteiger partial charge in [-0.1, -0.05) is 12.8 Å². The first-order valence-electron chi connectivity index (χ1n) is 9.49. The first-order valence-corrected chi connectivity index (χ1v) is 10.3. The normalized spacial score (nSPS) is 22.2. The molecule has 0 bridgehead atoms. The Morgan fingerprint density at radius 3 is 2.72 bits per heavy atom. The summed E-state index contributed by atoms with van der Waals surface area (Å²) in [6.45, 7) is 2.17. The fourth-order valence-electron chi connectivity index (χ4n) is 4.24. The lowest BCUT2D eigenvalue weighted by molar-refractivity contribution is -0.139. The van der Waals surface area contributed by atoms with E-state index in [1.807, 2.05) is 9.80 Å². The smallest absolute Gasteiger partial charge is 0.240 e. The Morgan fingerprint density at radius 2 is 1.96 bits per heavy atom. The third-order valence-electron chi connectivity index (χ3n) is 5.56. The summed E-state index contributed by atoms with van der Waals surface area (Å²) >= 11 is 1.61. The van der Waals surface area contributed by atoms with Crippen LogP contribution in [0.5, 0.6) is 0 Å². The third-order valence-corrected chi connectivity index (χ3v) is 6.63. The zero-order valence-corrected chi connectivity index (χ0v) is 15.4. The first-order chi connectivity index (χ1) is 12.2. The van der Waals surface area contributed by atoms with E-state index >= 15 is 0 Å². The molecule has 1 saturated carbocycles. The van der Waals surface area contributed by atoms with Gasteiger partial charge in [0.05, 0.1) is 18.8 Å². The molecule has 4 rings (SSSR count). The quantitative estimate of drug-likeness (QED) is 0.890. The van der Waals surface area contributed by atoms with E-state index in [-0.39, 0.29) is 18.4 Å². The number of fused-ring (bicyclic) bond motifs is 1. The van der Waals surface area contributed by atoms with Gasteiger partial charge in [-0.15, -0.1) is 11.3 Å². The molecule has 0 radical (unpaired) electrons. The van der Waals surface area contributed by atoms with Crippen LogP contribution in [-0.2, 0) is 22.4 Å². The van der Waals surface area contributed by atoms with Crippen molar-refractivity contribution in [2.45, 2.75) is 57.4 Å². The second-order valence-corrected chi connectivity index (χ2v) is 8.46. The van der Waals surface area contributed by atoms with Crippen LogP contribution >= 0.6 is 11.3 Å². The van der Waals surface area contributed by atoms with E-state index in [0.29, 0.717) is 17.7 Å². The van der Waals surface area contributed by atoms with Gasteiger partial charge < -0.3 is 10.2 Å². The lowest BCUT2D eigenvalue weighted by Gasteiger charge is -2.37. The number of aryl methyl sites for hydroxylation is 2. The molecule has 25 heavy (non-hydrogen) atoms. The van der Waals surface area contributed by atoms with Crippen LogP contribution in [0, 0.1) is 0 Å². The average Bonchev–Trinajstić information content (AvgIpc) is 3.23. The number of amides is 2. The fraction of sp³-hybridized carbons (Fsp3) is 0.722. The van der Waals surface area contributed by atoms with Crippen LogP contribution in [0.15, 0.2) is 0 Å². The van der Waals surface area contributed by atoms with Crippen molar-refractivity contribution in [3.05, 3.63) is 10.6 Å². The van der Waals surface area contributed by atoms with Crippen LogP contribution in [0.4, 0.5) is 5.13 Å². The molecule has 1 saturated heterocycles. The van der Waals surface area contributed by atoms with Gasteiger partial charge in [0.1, 0.15) is 0 Å². The summed E-state index contributed by atoms with van der Waals surface area (Å²) < 4.78 is 0. The number of nitrogens with zero attached hydrogens (tertiary/aromatic N) is 3. The largest absolute Gasteiger partial charge is 0.337 e. The minimum absolute atomic E-state index is 0.0618. The molecule has 1 N–H and O–H groups in total. The average molecular weight is 362 g/mol. The van der Waals surface area contributed by atoms with Gasteiger partial charge in [-0.3, -0.25) is 14.5 Å². The van der Waals surface area contributed by atoms with Gasteiger partial charge in [-0.2, -0.15) is 0 Å². The number of nitrogens with one attached hydrogen (secondary N) is 1. The number of piperazine rings is 1. The monoisotopic (exact) mass is 362 g/mol. The Bertz CT molecular complexity index is 630. The van der Waals surface area contributed by atoms with Crippen molar-refractivity contribution in [1.29, 1.82) is 0 Å². The van der Waals surface area contributed by atoms with E-state index in [9.17, 15) is 9.59 Å². The zero-order chi connectivity index (χ0) is 17.2. The second-order valence-electron chi connectivity index (χ2n) is 7.38. The summed E-state index contributed by atoms with van der Waals surface area (Å²) in [5, 5.41) is 3.65. The number of hydrogen-bond acceptors (Lipinski definition) is 5. The second kappa shape index (κ2) is 7.41. The van der Waals surface area contributed by atoms with Gasteiger partial charge >= 0.3 is 0 Å². The molecule has 0 aromatic carbocycles. The van der Waals surface area contributed by atoms with Crippen LogP contribution in [0.2, 0.25) is 0 Å². The molecular formula is C18H26N4O2S. The SMILES string of the molecule is O=C(CN1CCN(C2CCCC2)C(=O)C1)Nc1nc2c(s1)CCCC2. The lowest BCUT2D eigenvalue weighted by atomic mass is 10.0. The number of carbonyl (C=O) groups excluding carboxylic acids is 2. The highest BCUT2D eigenvalue weighted by atomic mass is 32.1. The van der Waals surface area contributed by atoms with Crippen molar-refractivity contribution < 1.29 is 9.59 Å². The summed E-state index contributed by atoms with van der Waals surface area (Å²) in [5.41, 5.74) is 1.16. The molecule has 0 unspecified atom stereocenters. The minimum atomic E-state index is -0.0618. The molecule has 2 amide bonds. The Morgan fingerprint density at radius 1 is 1.16 bits per heavy atom. The van der Waals surface area contributed by atoms with Gasteiger partial charge in [0.15, 0.2) is 5.13 Å². The van der Waals surface area contributed by atoms with E-state index in [2.05, 4.69) is 10.3 Å². The molecule has 2 heterocycles. The van der Waals surface area contributed by atoms with Crippen LogP contribution in [0.25, 0.3) is 0 Å². The van der Waals surface area contributed by atoms with Crippen molar-refractivity contribution >= 4 is 28.3 Å². The van der Waals surface area contributed by atoms with Gasteiger partial charge in [0.2, 0.25) is 11.8 Å². The van der Waals surface area contributed by atoms with E-state index in [1.165, 1.54) is 30.6 Å². The highest BCUT2D eigenvalue weighted by Gasteiger charge is 2.31. The molecule has 6 nitrogen and oxygen atoms in total. The summed E-state index contributed by atoms with van der Waals surface area (Å²) in [4.78, 5) is 34.6. The Hall–Kier alpha value is -1.47. The molecule has 0 atom stereocenters. The van der Waals surface area contributed by atoms with Crippen molar-refractivity contribution in [2.24, 2.45) is 0 Å². The van der Waals surface area contributed by atoms with E-state index in [4.69, 9.17) is 0 Å². The molecule has 136 valence electrons. The Kier molecular flexibility index (Phi) is 5.03. The summed E-state index contributed by atoms with van der Waals surface area (Å²) in [6.07, 6.45) is 9.27. The summed E-state index contributed by atoms with van der Waals surface area (Å²) in [6, 6.07) is 0.435. The molecule has 2 fully saturated rings. The van der Waals surface area contributed by atoms with Crippen molar-refractivity contribution in [3.8, 4) is 0 Å².